The Kier molecular flexibility index (Phi) is 14.0. The molecular formula is C77H49IN10. The number of aromatic nitrogens is 8. The highest BCUT2D eigenvalue weighted by atomic mass is 127. The SMILES string of the molecule is C=C(N=C(I=Cc1ccc2c(c1)c1ccccc1n2-c1cc(C#N)cc(-n2c3ccccc3c3cc(-c4nc(-c5ccccc5)nc(-c5ccccc5)n4)ccc32)c1-c1nc(-c2ccccc2)nc(-c2ccccc2)n1)c1ccccc1)c1ccccc1. The van der Waals surface area contributed by atoms with Crippen LogP contribution in [0.3, 0.4) is 0 Å². The van der Waals surface area contributed by atoms with E-state index in [0.717, 1.165) is 103 Å². The van der Waals surface area contributed by atoms with Crippen LogP contribution in [0.15, 0.2) is 291 Å². The topological polar surface area (TPSA) is 123 Å². The summed E-state index contributed by atoms with van der Waals surface area (Å²) in [7, 11) is 0. The molecule has 0 aliphatic rings. The Bertz CT molecular complexity index is 5160. The van der Waals surface area contributed by atoms with E-state index >= 15 is 0 Å². The van der Waals surface area contributed by atoms with E-state index in [1.165, 1.54) is 0 Å². The summed E-state index contributed by atoms with van der Waals surface area (Å²) < 4.78 is 7.89. The molecule has 0 unspecified atom stereocenters. The van der Waals surface area contributed by atoms with Crippen molar-refractivity contribution < 1.29 is 0 Å². The number of nitrogens with zero attached hydrogens (tertiary/aromatic N) is 10. The average Bonchev–Trinajstić information content (AvgIpc) is 1.62. The normalized spacial score (nSPS) is 11.8. The predicted molar refractivity (Wildman–Crippen MR) is 367 cm³/mol. The van der Waals surface area contributed by atoms with E-state index in [9.17, 15) is 5.26 Å². The molecule has 0 aliphatic carbocycles. The number of hydrogen-bond acceptors (Lipinski definition) is 8. The summed E-state index contributed by atoms with van der Waals surface area (Å²) >= 11 is -0.759. The number of nitriles is 1. The minimum absolute atomic E-state index is 0.433. The Hall–Kier alpha value is -11.5. The van der Waals surface area contributed by atoms with Crippen LogP contribution < -0.4 is 0 Å². The van der Waals surface area contributed by atoms with Crippen LogP contribution in [0.1, 0.15) is 22.3 Å². The van der Waals surface area contributed by atoms with Gasteiger partial charge in [-0.15, -0.1) is 0 Å². The third kappa shape index (κ3) is 10.1. The fraction of sp³-hybridized carbons (Fsp3) is 0. The summed E-state index contributed by atoms with van der Waals surface area (Å²) in [4.78, 5) is 36.6. The Morgan fingerprint density at radius 3 is 1.22 bits per heavy atom. The second-order valence-electron chi connectivity index (χ2n) is 21.1. The molecule has 0 bridgehead atoms. The van der Waals surface area contributed by atoms with Gasteiger partial charge in [0, 0.05) is 54.9 Å². The first-order valence-electron chi connectivity index (χ1n) is 28.7. The highest BCUT2D eigenvalue weighted by Crippen LogP contribution is 2.44. The summed E-state index contributed by atoms with van der Waals surface area (Å²) in [5.74, 6) is 3.15. The third-order valence-electron chi connectivity index (χ3n) is 15.6. The molecule has 11 aromatic carbocycles. The zero-order chi connectivity index (χ0) is 58.9. The van der Waals surface area contributed by atoms with Gasteiger partial charge in [0.1, 0.15) is 3.72 Å². The number of halogens is 1. The molecule has 11 heteroatoms. The van der Waals surface area contributed by atoms with Gasteiger partial charge in [0.2, 0.25) is 0 Å². The van der Waals surface area contributed by atoms with Gasteiger partial charge < -0.3 is 9.13 Å². The van der Waals surface area contributed by atoms with Crippen molar-refractivity contribution in [2.45, 2.75) is 0 Å². The molecule has 0 saturated carbocycles. The number of para-hydroxylation sites is 2. The first-order chi connectivity index (χ1) is 43.5. The largest absolute Gasteiger partial charge is 0.308 e. The van der Waals surface area contributed by atoms with Crippen molar-refractivity contribution in [3.05, 3.63) is 308 Å². The van der Waals surface area contributed by atoms with Crippen LogP contribution in [-0.2, 0) is 0 Å². The Morgan fingerprint density at radius 1 is 0.375 bits per heavy atom. The van der Waals surface area contributed by atoms with Crippen LogP contribution in [-0.4, -0.2) is 46.8 Å². The smallest absolute Gasteiger partial charge is 0.168 e. The van der Waals surface area contributed by atoms with E-state index < -0.39 is 20.7 Å². The van der Waals surface area contributed by atoms with E-state index in [4.69, 9.17) is 34.9 Å². The van der Waals surface area contributed by atoms with Gasteiger partial charge in [0.15, 0.2) is 34.9 Å². The van der Waals surface area contributed by atoms with Crippen molar-refractivity contribution in [1.29, 1.82) is 5.26 Å². The third-order valence-corrected chi connectivity index (χ3v) is 18.1. The lowest BCUT2D eigenvalue weighted by Crippen LogP contribution is -2.08. The molecule has 10 nitrogen and oxygen atoms in total. The fourth-order valence-corrected chi connectivity index (χ4v) is 13.7. The van der Waals surface area contributed by atoms with Crippen LogP contribution in [0.25, 0.3) is 129 Å². The van der Waals surface area contributed by atoms with Gasteiger partial charge in [-0.25, -0.2) is 34.9 Å². The standard InChI is InChI=1S/C77H49IN10/c1-50(53-24-8-2-9-25-53)80-71(54-26-10-3-11-27-54)78-48-51-40-42-66-62(44-51)60-36-20-22-38-64(60)87(66)68-45-52(49-79)46-69(70(68)77-85-74(57-32-16-6-17-33-57)82-75(86-77)58-34-18-7-19-35-58)88-65-39-23-21-37-61(65)63-47-59(41-43-67(63)88)76-83-72(55-28-12-4-13-29-55)81-73(84-76)56-30-14-5-15-31-56/h2-48H,1H2. The lowest BCUT2D eigenvalue weighted by atomic mass is 10.0. The summed E-state index contributed by atoms with van der Waals surface area (Å²) in [5, 5.41) is 15.4. The molecule has 88 heavy (non-hydrogen) atoms. The minimum Gasteiger partial charge on any atom is -0.308 e. The van der Waals surface area contributed by atoms with Gasteiger partial charge in [-0.05, 0) is 69.7 Å². The zero-order valence-electron chi connectivity index (χ0n) is 47.2. The first-order valence-corrected chi connectivity index (χ1v) is 31.1. The lowest BCUT2D eigenvalue weighted by Gasteiger charge is -2.20. The predicted octanol–water partition coefficient (Wildman–Crippen LogP) is 18.4. The summed E-state index contributed by atoms with van der Waals surface area (Å²) in [5.41, 5.74) is 14.4. The van der Waals surface area contributed by atoms with E-state index in [1.807, 2.05) is 170 Å². The monoisotopic (exact) mass is 1240 g/mol. The van der Waals surface area contributed by atoms with Crippen molar-refractivity contribution in [3.8, 4) is 85.8 Å². The number of aliphatic imine (C=N–C) groups is 1. The maximum Gasteiger partial charge on any atom is 0.168 e. The van der Waals surface area contributed by atoms with Gasteiger partial charge in [0.25, 0.3) is 0 Å². The van der Waals surface area contributed by atoms with E-state index in [2.05, 4.69) is 135 Å². The van der Waals surface area contributed by atoms with Gasteiger partial charge in [-0.3, -0.25) is 0 Å². The molecule has 15 rings (SSSR count). The highest BCUT2D eigenvalue weighted by molar-refractivity contribution is 14.2. The molecule has 15 aromatic rings. The van der Waals surface area contributed by atoms with Crippen molar-refractivity contribution in [2.24, 2.45) is 4.99 Å². The number of fused-ring (bicyclic) bond motifs is 6. The molecule has 0 spiro atoms. The maximum absolute atomic E-state index is 11.4. The molecular weight excluding hydrogens is 1190 g/mol. The number of rotatable bonds is 13. The quantitative estimate of drug-likeness (QED) is 0.0832. The zero-order valence-corrected chi connectivity index (χ0v) is 49.4. The molecule has 4 aromatic heterocycles. The van der Waals surface area contributed by atoms with Crippen molar-refractivity contribution in [3.63, 3.8) is 0 Å². The van der Waals surface area contributed by atoms with Crippen LogP contribution >= 0.6 is 20.7 Å². The van der Waals surface area contributed by atoms with Crippen LogP contribution in [0, 0.1) is 11.3 Å². The van der Waals surface area contributed by atoms with E-state index in [0.29, 0.717) is 51.8 Å². The Balaban J connectivity index is 0.977. The van der Waals surface area contributed by atoms with Gasteiger partial charge in [0.05, 0.1) is 56.3 Å². The van der Waals surface area contributed by atoms with Crippen LogP contribution in [0.5, 0.6) is 0 Å². The first kappa shape index (κ1) is 53.3. The minimum atomic E-state index is -0.759. The fourth-order valence-electron chi connectivity index (χ4n) is 11.5. The molecule has 0 fully saturated rings. The molecule has 0 saturated heterocycles. The van der Waals surface area contributed by atoms with Gasteiger partial charge >= 0.3 is 0 Å². The molecule has 0 amide bonds. The average molecular weight is 1240 g/mol. The van der Waals surface area contributed by atoms with Crippen LogP contribution in [0.2, 0.25) is 0 Å². The van der Waals surface area contributed by atoms with Crippen LogP contribution in [0.4, 0.5) is 0 Å². The van der Waals surface area contributed by atoms with E-state index in [1.54, 1.807) is 0 Å². The van der Waals surface area contributed by atoms with E-state index in [-0.39, 0.29) is 0 Å². The highest BCUT2D eigenvalue weighted by Gasteiger charge is 2.27. The van der Waals surface area contributed by atoms with Crippen molar-refractivity contribution in [1.82, 2.24) is 39.0 Å². The summed E-state index contributed by atoms with van der Waals surface area (Å²) in [6.45, 7) is 4.40. The van der Waals surface area contributed by atoms with Gasteiger partial charge in [-0.2, -0.15) is 5.26 Å². The number of hydrogen-bond donors (Lipinski definition) is 0. The number of benzene rings is 11. The molecule has 4 heterocycles. The molecule has 0 N–H and O–H groups in total. The maximum atomic E-state index is 11.4. The summed E-state index contributed by atoms with van der Waals surface area (Å²) in [6.07, 6.45) is 0. The molecule has 0 radical (unpaired) electrons. The van der Waals surface area contributed by atoms with Crippen molar-refractivity contribution in [2.75, 3.05) is 0 Å². The molecule has 414 valence electrons. The lowest BCUT2D eigenvalue weighted by molar-refractivity contribution is 1.05. The van der Waals surface area contributed by atoms with Crippen molar-refractivity contribution >= 4 is 77.8 Å². The molecule has 0 atom stereocenters. The summed E-state index contributed by atoms with van der Waals surface area (Å²) in [6, 6.07) is 97.1. The van der Waals surface area contributed by atoms with Gasteiger partial charge in [-0.1, -0.05) is 252 Å². The molecule has 0 aliphatic heterocycles. The Morgan fingerprint density at radius 2 is 0.750 bits per heavy atom. The Labute approximate surface area is 517 Å². The second kappa shape index (κ2) is 23.2. The second-order valence-corrected chi connectivity index (χ2v) is 23.4.